The minimum absolute atomic E-state index is 0.0962. The molecule has 5 nitrogen and oxygen atoms in total. The Hall–Kier alpha value is -5.76. The van der Waals surface area contributed by atoms with Gasteiger partial charge in [-0.25, -0.2) is 0 Å². The van der Waals surface area contributed by atoms with Crippen molar-refractivity contribution in [2.45, 2.75) is 164 Å². The van der Waals surface area contributed by atoms with Crippen LogP contribution in [0.5, 0.6) is 5.75 Å². The van der Waals surface area contributed by atoms with Crippen LogP contribution in [-0.2, 0) is 22.7 Å². The summed E-state index contributed by atoms with van der Waals surface area (Å²) >= 11 is 3.74. The van der Waals surface area contributed by atoms with Crippen LogP contribution in [0.2, 0.25) is 0 Å². The maximum absolute atomic E-state index is 5.73. The van der Waals surface area contributed by atoms with Gasteiger partial charge in [0.2, 0.25) is 0 Å². The van der Waals surface area contributed by atoms with Crippen molar-refractivity contribution in [3.63, 3.8) is 0 Å². The highest BCUT2D eigenvalue weighted by atomic mass is 32.1. The van der Waals surface area contributed by atoms with Gasteiger partial charge in [0.1, 0.15) is 22.9 Å². The number of aromatic nitrogens is 2. The highest BCUT2D eigenvalue weighted by Gasteiger charge is 2.20. The molecule has 9 aromatic rings. The number of rotatable bonds is 4. The molecule has 1 aliphatic rings. The monoisotopic (exact) mass is 1020 g/mol. The van der Waals surface area contributed by atoms with Gasteiger partial charge in [-0.15, -0.1) is 22.7 Å². The van der Waals surface area contributed by atoms with Crippen molar-refractivity contribution in [1.29, 1.82) is 0 Å². The van der Waals surface area contributed by atoms with E-state index in [-0.39, 0.29) is 16.2 Å². The van der Waals surface area contributed by atoms with Gasteiger partial charge in [-0.1, -0.05) is 178 Å². The molecule has 0 fully saturated rings. The number of hydrogen-bond donors (Lipinski definition) is 0. The summed E-state index contributed by atoms with van der Waals surface area (Å²) in [6, 6.07) is 44.0. The van der Waals surface area contributed by atoms with E-state index in [1.807, 2.05) is 89.8 Å². The summed E-state index contributed by atoms with van der Waals surface area (Å²) in [4.78, 5) is 10.9. The second-order valence-electron chi connectivity index (χ2n) is 22.7. The van der Waals surface area contributed by atoms with Crippen LogP contribution in [0.4, 0.5) is 0 Å². The molecule has 6 aromatic heterocycles. The van der Waals surface area contributed by atoms with Gasteiger partial charge in [0.05, 0.1) is 12.9 Å². The molecule has 3 aromatic carbocycles. The first-order valence-electron chi connectivity index (χ1n) is 26.0. The molecular formula is C66H86N2O3S2. The number of pyridine rings is 2. The number of furan rings is 2. The predicted octanol–water partition coefficient (Wildman–Crippen LogP) is 20.5. The SMILES string of the molecule is CC(C)(C)c1cc2ccccc2o1.CC(C)(C)c1cc2ccccc2s1.CC(C)(C)c1ccc2c(c1)CCO2.CC(C)c1cccnc1.CC(C)c1ccco1.CC(C)c1cccs1.CC(C)c1ccncc1. The molecule has 0 N–H and O–H groups in total. The zero-order valence-electron chi connectivity index (χ0n) is 47.2. The van der Waals surface area contributed by atoms with Gasteiger partial charge in [0.25, 0.3) is 0 Å². The van der Waals surface area contributed by atoms with Crippen LogP contribution >= 0.6 is 22.7 Å². The normalized spacial score (nSPS) is 11.8. The molecule has 0 radical (unpaired) electrons. The smallest absolute Gasteiger partial charge is 0.134 e. The van der Waals surface area contributed by atoms with Crippen LogP contribution < -0.4 is 4.74 Å². The number of benzene rings is 3. The highest BCUT2D eigenvalue weighted by molar-refractivity contribution is 7.19. The zero-order chi connectivity index (χ0) is 53.8. The molecule has 0 amide bonds. The molecule has 0 bridgehead atoms. The van der Waals surface area contributed by atoms with E-state index in [4.69, 9.17) is 13.6 Å². The number of fused-ring (bicyclic) bond motifs is 3. The quantitative estimate of drug-likeness (QED) is 0.176. The second-order valence-corrected chi connectivity index (χ2v) is 24.7. The lowest BCUT2D eigenvalue weighted by atomic mass is 9.86. The Labute approximate surface area is 448 Å². The summed E-state index contributed by atoms with van der Waals surface area (Å²) in [5.41, 5.74) is 7.03. The predicted molar refractivity (Wildman–Crippen MR) is 318 cm³/mol. The fraction of sp³-hybridized carbons (Fsp3) is 0.394. The third-order valence-corrected chi connectivity index (χ3v) is 14.5. The fourth-order valence-corrected chi connectivity index (χ4v) is 8.93. The molecule has 73 heavy (non-hydrogen) atoms. The van der Waals surface area contributed by atoms with Crippen molar-refractivity contribution in [3.05, 3.63) is 207 Å². The topological polar surface area (TPSA) is 61.3 Å². The minimum Gasteiger partial charge on any atom is -0.493 e. The summed E-state index contributed by atoms with van der Waals surface area (Å²) in [6.45, 7) is 38.2. The van der Waals surface area contributed by atoms with Crippen LogP contribution in [0.15, 0.2) is 173 Å². The van der Waals surface area contributed by atoms with Crippen molar-refractivity contribution in [2.75, 3.05) is 6.61 Å². The van der Waals surface area contributed by atoms with Gasteiger partial charge in [0.15, 0.2) is 0 Å². The maximum atomic E-state index is 5.73. The Balaban J connectivity index is 0.000000187. The molecule has 390 valence electrons. The van der Waals surface area contributed by atoms with Crippen molar-refractivity contribution >= 4 is 43.7 Å². The third kappa shape index (κ3) is 20.6. The lowest BCUT2D eigenvalue weighted by molar-refractivity contribution is 0.356. The average molecular weight is 1020 g/mol. The molecule has 0 saturated carbocycles. The molecule has 0 saturated heterocycles. The lowest BCUT2D eigenvalue weighted by Crippen LogP contribution is -2.10. The van der Waals surface area contributed by atoms with E-state index >= 15 is 0 Å². The first-order valence-corrected chi connectivity index (χ1v) is 27.7. The van der Waals surface area contributed by atoms with Gasteiger partial charge in [-0.3, -0.25) is 9.97 Å². The van der Waals surface area contributed by atoms with Crippen molar-refractivity contribution in [2.24, 2.45) is 0 Å². The van der Waals surface area contributed by atoms with E-state index < -0.39 is 0 Å². The van der Waals surface area contributed by atoms with Gasteiger partial charge in [-0.05, 0) is 128 Å². The Kier molecular flexibility index (Phi) is 23.5. The first kappa shape index (κ1) is 59.8. The van der Waals surface area contributed by atoms with Crippen LogP contribution in [-0.4, -0.2) is 16.6 Å². The largest absolute Gasteiger partial charge is 0.493 e. The molecule has 0 spiro atoms. The van der Waals surface area contributed by atoms with Gasteiger partial charge < -0.3 is 13.6 Å². The second kappa shape index (κ2) is 28.6. The summed E-state index contributed by atoms with van der Waals surface area (Å²) in [7, 11) is 0. The molecule has 7 heteroatoms. The Bertz CT molecular complexity index is 2640. The van der Waals surface area contributed by atoms with E-state index in [0.717, 1.165) is 35.9 Å². The van der Waals surface area contributed by atoms with Gasteiger partial charge in [0, 0.05) is 62.4 Å². The molecule has 10 rings (SSSR count). The molecule has 7 heterocycles. The minimum atomic E-state index is 0.0962. The number of thiophene rings is 2. The van der Waals surface area contributed by atoms with E-state index in [1.54, 1.807) is 12.5 Å². The van der Waals surface area contributed by atoms with E-state index in [9.17, 15) is 0 Å². The lowest BCUT2D eigenvalue weighted by Gasteiger charge is -2.19. The number of hydrogen-bond acceptors (Lipinski definition) is 7. The number of para-hydroxylation sites is 1. The van der Waals surface area contributed by atoms with Crippen LogP contribution in [0.3, 0.4) is 0 Å². The van der Waals surface area contributed by atoms with Crippen LogP contribution in [0, 0.1) is 0 Å². The Morgan fingerprint density at radius 2 is 1.21 bits per heavy atom. The molecule has 0 unspecified atom stereocenters. The van der Waals surface area contributed by atoms with E-state index in [2.05, 4.69) is 212 Å². The number of nitrogens with zero attached hydrogens (tertiary/aromatic N) is 2. The van der Waals surface area contributed by atoms with Crippen LogP contribution in [0.25, 0.3) is 21.1 Å². The average Bonchev–Trinajstić information content (AvgIpc) is 4.22. The fourth-order valence-electron chi connectivity index (χ4n) is 7.06. The van der Waals surface area contributed by atoms with Crippen molar-refractivity contribution in [1.82, 2.24) is 9.97 Å². The highest BCUT2D eigenvalue weighted by Crippen LogP contribution is 2.34. The standard InChI is InChI=1S/C12H16O.C12H14O.C12H14S.2C8H11N.C7H10O.C7H10S/c1-12(2,3)10-4-5-11-9(8-10)6-7-13-11;2*1-12(2,3)11-8-9-6-4-5-7-10(9)13-11;1-7(2)8-3-5-9-6-4-8;1-7(2)8-4-3-5-9-6-8;2*1-6(2)7-4-3-5-8-7/h4-5,8H,6-7H2,1-3H3;2*4-8H,1-3H3;2*3-7H,1-2H3;2*3-6H,1-2H3. The summed E-state index contributed by atoms with van der Waals surface area (Å²) in [5.74, 6) is 5.62. The maximum Gasteiger partial charge on any atom is 0.134 e. The summed E-state index contributed by atoms with van der Waals surface area (Å²) < 4.78 is 17.7. The summed E-state index contributed by atoms with van der Waals surface area (Å²) in [6.07, 6.45) is 10.1. The van der Waals surface area contributed by atoms with Crippen molar-refractivity contribution < 1.29 is 13.6 Å². The summed E-state index contributed by atoms with van der Waals surface area (Å²) in [5, 5.41) is 4.68. The first-order chi connectivity index (χ1) is 34.4. The van der Waals surface area contributed by atoms with Crippen molar-refractivity contribution in [3.8, 4) is 5.75 Å². The Morgan fingerprint density at radius 3 is 1.67 bits per heavy atom. The molecular weight excluding hydrogens is 933 g/mol. The van der Waals surface area contributed by atoms with E-state index in [0.29, 0.717) is 23.7 Å². The van der Waals surface area contributed by atoms with Crippen LogP contribution in [0.1, 0.15) is 185 Å². The van der Waals surface area contributed by atoms with E-state index in [1.165, 1.54) is 47.5 Å². The Morgan fingerprint density at radius 1 is 0.534 bits per heavy atom. The van der Waals surface area contributed by atoms with Gasteiger partial charge >= 0.3 is 0 Å². The molecule has 0 atom stereocenters. The molecule has 0 aliphatic carbocycles. The molecule has 1 aliphatic heterocycles. The zero-order valence-corrected chi connectivity index (χ0v) is 48.9. The van der Waals surface area contributed by atoms with Gasteiger partial charge in [-0.2, -0.15) is 0 Å². The number of ether oxygens (including phenoxy) is 1. The third-order valence-electron chi connectivity index (χ3n) is 11.8.